The number of nitrogens with zero attached hydrogens (tertiary/aromatic N) is 1. The molecule has 1 heterocycles. The number of likely N-dealkylation sites (tertiary alicyclic amines) is 1. The third kappa shape index (κ3) is 4.10. The van der Waals surface area contributed by atoms with Crippen molar-refractivity contribution < 1.29 is 23.9 Å². The van der Waals surface area contributed by atoms with Gasteiger partial charge in [-0.2, -0.15) is 0 Å². The van der Waals surface area contributed by atoms with E-state index in [1.807, 2.05) is 0 Å². The molecule has 0 bridgehead atoms. The largest absolute Gasteiger partial charge is 0.493 e. The molecule has 136 valence electrons. The van der Waals surface area contributed by atoms with Crippen molar-refractivity contribution in [2.45, 2.75) is 19.8 Å². The Hall–Kier alpha value is -2.57. The van der Waals surface area contributed by atoms with E-state index in [-0.39, 0.29) is 29.9 Å². The number of ether oxygens (including phenoxy) is 2. The summed E-state index contributed by atoms with van der Waals surface area (Å²) in [5, 5.41) is 2.62. The number of amides is 2. The first-order valence-electron chi connectivity index (χ1n) is 8.16. The van der Waals surface area contributed by atoms with E-state index >= 15 is 0 Å². The highest BCUT2D eigenvalue weighted by Gasteiger charge is 2.31. The highest BCUT2D eigenvalue weighted by atomic mass is 16.5. The Bertz CT molecular complexity index is 686. The second-order valence-corrected chi connectivity index (χ2v) is 6.04. The lowest BCUT2D eigenvalue weighted by Crippen LogP contribution is -2.34. The predicted molar refractivity (Wildman–Crippen MR) is 92.0 cm³/mol. The summed E-state index contributed by atoms with van der Waals surface area (Å²) in [5.74, 6) is 0.441. The molecule has 1 aliphatic rings. The normalized spacial score (nSPS) is 16.5. The monoisotopic (exact) mass is 348 g/mol. The van der Waals surface area contributed by atoms with E-state index in [1.165, 1.54) is 21.1 Å². The topological polar surface area (TPSA) is 84.9 Å². The van der Waals surface area contributed by atoms with Crippen LogP contribution in [0.4, 0.5) is 0 Å². The van der Waals surface area contributed by atoms with Crippen LogP contribution >= 0.6 is 0 Å². The number of carbonyl (C=O) groups is 3. The summed E-state index contributed by atoms with van der Waals surface area (Å²) in [6, 6.07) is 3.26. The summed E-state index contributed by atoms with van der Waals surface area (Å²) in [5.41, 5.74) is 1.03. The molecule has 2 rings (SSSR count). The van der Waals surface area contributed by atoms with Gasteiger partial charge in [0.15, 0.2) is 17.3 Å². The van der Waals surface area contributed by atoms with Crippen molar-refractivity contribution in [2.75, 3.05) is 34.4 Å². The summed E-state index contributed by atoms with van der Waals surface area (Å²) in [7, 11) is 4.59. The van der Waals surface area contributed by atoms with Gasteiger partial charge in [0.2, 0.25) is 11.8 Å². The van der Waals surface area contributed by atoms with Crippen LogP contribution in [0.2, 0.25) is 0 Å². The molecule has 2 amide bonds. The van der Waals surface area contributed by atoms with E-state index in [4.69, 9.17) is 9.47 Å². The van der Waals surface area contributed by atoms with Gasteiger partial charge in [0.05, 0.1) is 26.6 Å². The molecule has 0 aromatic heterocycles. The van der Waals surface area contributed by atoms with Gasteiger partial charge in [0.25, 0.3) is 0 Å². The molecule has 0 saturated carbocycles. The zero-order valence-electron chi connectivity index (χ0n) is 15.0. The maximum atomic E-state index is 12.6. The maximum absolute atomic E-state index is 12.6. The SMILES string of the molecule is CNC(=O)C1CCN(C(=O)Cc2cc(OC)c(OC)cc2C(C)=O)C1. The smallest absolute Gasteiger partial charge is 0.227 e. The van der Waals surface area contributed by atoms with Crippen LogP contribution in [-0.4, -0.2) is 56.9 Å². The number of nitrogens with one attached hydrogen (secondary N) is 1. The van der Waals surface area contributed by atoms with Crippen LogP contribution in [0.25, 0.3) is 0 Å². The van der Waals surface area contributed by atoms with Crippen LogP contribution < -0.4 is 14.8 Å². The zero-order chi connectivity index (χ0) is 18.6. The second kappa shape index (κ2) is 8.00. The lowest BCUT2D eigenvalue weighted by molar-refractivity contribution is -0.130. The molecular weight excluding hydrogens is 324 g/mol. The minimum Gasteiger partial charge on any atom is -0.493 e. The first-order valence-corrected chi connectivity index (χ1v) is 8.16. The highest BCUT2D eigenvalue weighted by molar-refractivity contribution is 5.97. The van der Waals surface area contributed by atoms with Crippen LogP contribution in [0, 0.1) is 5.92 Å². The van der Waals surface area contributed by atoms with Gasteiger partial charge >= 0.3 is 0 Å². The molecule has 1 unspecified atom stereocenters. The lowest BCUT2D eigenvalue weighted by atomic mass is 10.00. The fraction of sp³-hybridized carbons (Fsp3) is 0.500. The van der Waals surface area contributed by atoms with Gasteiger partial charge in [-0.15, -0.1) is 0 Å². The molecule has 25 heavy (non-hydrogen) atoms. The Labute approximate surface area is 147 Å². The van der Waals surface area contributed by atoms with Gasteiger partial charge in [0, 0.05) is 25.7 Å². The first-order chi connectivity index (χ1) is 11.9. The average Bonchev–Trinajstić information content (AvgIpc) is 3.10. The molecule has 1 aromatic rings. The van der Waals surface area contributed by atoms with Crippen molar-refractivity contribution in [3.63, 3.8) is 0 Å². The Kier molecular flexibility index (Phi) is 6.01. The average molecular weight is 348 g/mol. The number of hydrogen-bond acceptors (Lipinski definition) is 5. The number of Topliss-reactive ketones (excluding diaryl/α,β-unsaturated/α-hetero) is 1. The van der Waals surface area contributed by atoms with Gasteiger partial charge in [0.1, 0.15) is 0 Å². The lowest BCUT2D eigenvalue weighted by Gasteiger charge is -2.18. The van der Waals surface area contributed by atoms with Gasteiger partial charge in [-0.3, -0.25) is 14.4 Å². The summed E-state index contributed by atoms with van der Waals surface area (Å²) >= 11 is 0. The van der Waals surface area contributed by atoms with Gasteiger partial charge in [-0.05, 0) is 31.0 Å². The number of rotatable bonds is 6. The highest BCUT2D eigenvalue weighted by Crippen LogP contribution is 2.31. The van der Waals surface area contributed by atoms with Crippen molar-refractivity contribution in [1.29, 1.82) is 0 Å². The molecule has 0 aliphatic carbocycles. The van der Waals surface area contributed by atoms with Crippen molar-refractivity contribution in [2.24, 2.45) is 5.92 Å². The van der Waals surface area contributed by atoms with E-state index in [0.29, 0.717) is 42.1 Å². The quantitative estimate of drug-likeness (QED) is 0.777. The minimum absolute atomic E-state index is 0.0501. The molecule has 0 radical (unpaired) electrons. The first kappa shape index (κ1) is 18.8. The van der Waals surface area contributed by atoms with E-state index in [9.17, 15) is 14.4 Å². The van der Waals surface area contributed by atoms with Crippen LogP contribution in [-0.2, 0) is 16.0 Å². The van der Waals surface area contributed by atoms with E-state index in [0.717, 1.165) is 0 Å². The van der Waals surface area contributed by atoms with Crippen LogP contribution in [0.15, 0.2) is 12.1 Å². The molecule has 1 aromatic carbocycles. The molecule has 7 heteroatoms. The minimum atomic E-state index is -0.174. The Morgan fingerprint density at radius 3 is 2.40 bits per heavy atom. The number of hydrogen-bond donors (Lipinski definition) is 1. The van der Waals surface area contributed by atoms with Crippen molar-refractivity contribution in [1.82, 2.24) is 10.2 Å². The van der Waals surface area contributed by atoms with Crippen molar-refractivity contribution in [3.05, 3.63) is 23.3 Å². The second-order valence-electron chi connectivity index (χ2n) is 6.04. The van der Waals surface area contributed by atoms with E-state index in [1.54, 1.807) is 24.1 Å². The molecule has 1 fully saturated rings. The number of benzene rings is 1. The van der Waals surface area contributed by atoms with Crippen LogP contribution in [0.1, 0.15) is 29.3 Å². The van der Waals surface area contributed by atoms with Crippen molar-refractivity contribution in [3.8, 4) is 11.5 Å². The molecule has 1 atom stereocenters. The molecular formula is C18H24N2O5. The Balaban J connectivity index is 2.20. The number of carbonyl (C=O) groups excluding carboxylic acids is 3. The van der Waals surface area contributed by atoms with Gasteiger partial charge in [-0.25, -0.2) is 0 Å². The molecule has 1 N–H and O–H groups in total. The standard InChI is InChI=1S/C18H24N2O5/c1-11(21)14-9-16(25-4)15(24-3)7-13(14)8-17(22)20-6-5-12(10-20)18(23)19-2/h7,9,12H,5-6,8,10H2,1-4H3,(H,19,23). The Morgan fingerprint density at radius 2 is 1.84 bits per heavy atom. The predicted octanol–water partition coefficient (Wildman–Crippen LogP) is 1.04. The third-order valence-electron chi connectivity index (χ3n) is 4.49. The summed E-state index contributed by atoms with van der Waals surface area (Å²) in [4.78, 5) is 37.9. The maximum Gasteiger partial charge on any atom is 0.227 e. The van der Waals surface area contributed by atoms with Crippen LogP contribution in [0.5, 0.6) is 11.5 Å². The molecule has 0 spiro atoms. The Morgan fingerprint density at radius 1 is 1.20 bits per heavy atom. The molecule has 1 saturated heterocycles. The zero-order valence-corrected chi connectivity index (χ0v) is 15.0. The van der Waals surface area contributed by atoms with E-state index in [2.05, 4.69) is 5.32 Å². The van der Waals surface area contributed by atoms with Crippen LogP contribution in [0.3, 0.4) is 0 Å². The van der Waals surface area contributed by atoms with Crippen molar-refractivity contribution >= 4 is 17.6 Å². The van der Waals surface area contributed by atoms with Gasteiger partial charge in [-0.1, -0.05) is 0 Å². The fourth-order valence-electron chi connectivity index (χ4n) is 3.07. The summed E-state index contributed by atoms with van der Waals surface area (Å²) < 4.78 is 10.5. The number of ketones is 1. The fourth-order valence-corrected chi connectivity index (χ4v) is 3.07. The van der Waals surface area contributed by atoms with E-state index < -0.39 is 0 Å². The summed E-state index contributed by atoms with van der Waals surface area (Å²) in [6.45, 7) is 2.40. The molecule has 7 nitrogen and oxygen atoms in total. The summed E-state index contributed by atoms with van der Waals surface area (Å²) in [6.07, 6.45) is 0.729. The van der Waals surface area contributed by atoms with Gasteiger partial charge < -0.3 is 19.7 Å². The third-order valence-corrected chi connectivity index (χ3v) is 4.49. The molecule has 1 aliphatic heterocycles. The number of methoxy groups -OCH3 is 2.